The summed E-state index contributed by atoms with van der Waals surface area (Å²) in [5.74, 6) is -1.07. The molecule has 9 heteroatoms. The van der Waals surface area contributed by atoms with Crippen molar-refractivity contribution in [1.29, 1.82) is 0 Å². The maximum Gasteiger partial charge on any atom is 0.317 e. The molecule has 0 aliphatic carbocycles. The van der Waals surface area contributed by atoms with Crippen LogP contribution < -0.4 is 0 Å². The Bertz CT molecular complexity index is 613. The number of ketones is 3. The van der Waals surface area contributed by atoms with Gasteiger partial charge in [0.1, 0.15) is 17.3 Å². The Kier molecular flexibility index (Phi) is 12.7. The van der Waals surface area contributed by atoms with Crippen LogP contribution in [0.3, 0.4) is 0 Å². The van der Waals surface area contributed by atoms with Crippen LogP contribution in [0.2, 0.25) is 0 Å². The van der Waals surface area contributed by atoms with Gasteiger partial charge in [0.15, 0.2) is 0 Å². The molecule has 1 fully saturated rings. The van der Waals surface area contributed by atoms with E-state index in [-0.39, 0.29) is 62.2 Å². The molecule has 1 unspecified atom stereocenters. The fraction of sp³-hybridized carbons (Fsp3) is 0.818. The fourth-order valence-electron chi connectivity index (χ4n) is 3.82. The second-order valence-electron chi connectivity index (χ2n) is 8.70. The first-order valence-electron chi connectivity index (χ1n) is 11.2. The Morgan fingerprint density at radius 2 is 1.58 bits per heavy atom. The van der Waals surface area contributed by atoms with Gasteiger partial charge in [-0.3, -0.25) is 38.8 Å². The Balaban J connectivity index is 2.89. The average Bonchev–Trinajstić information content (AvgIpc) is 2.67. The van der Waals surface area contributed by atoms with Crippen LogP contribution in [0.1, 0.15) is 33.1 Å². The van der Waals surface area contributed by atoms with E-state index in [1.807, 2.05) is 47.5 Å². The molecular weight excluding hydrogens is 400 g/mol. The van der Waals surface area contributed by atoms with E-state index in [9.17, 15) is 24.3 Å². The zero-order valence-corrected chi connectivity index (χ0v) is 19.6. The molecule has 0 spiro atoms. The number of aliphatic carboxylic acids is 1. The maximum absolute atomic E-state index is 12.7. The predicted molar refractivity (Wildman–Crippen MR) is 119 cm³/mol. The number of nitrogens with zero attached hydrogens (tertiary/aromatic N) is 4. The molecule has 1 aliphatic heterocycles. The molecule has 0 aromatic rings. The van der Waals surface area contributed by atoms with Gasteiger partial charge in [0, 0.05) is 45.4 Å². The number of carbonyl (C=O) groups excluding carboxylic acids is 3. The van der Waals surface area contributed by atoms with Gasteiger partial charge in [-0.1, -0.05) is 13.8 Å². The molecule has 9 nitrogen and oxygen atoms in total. The van der Waals surface area contributed by atoms with Crippen LogP contribution in [0.5, 0.6) is 0 Å². The van der Waals surface area contributed by atoms with Crippen LogP contribution in [0.4, 0.5) is 0 Å². The van der Waals surface area contributed by atoms with Crippen LogP contribution in [0.25, 0.3) is 0 Å². The molecule has 178 valence electrons. The number of hydrogen-bond acceptors (Lipinski definition) is 8. The molecule has 0 saturated carbocycles. The Morgan fingerprint density at radius 1 is 1.00 bits per heavy atom. The summed E-state index contributed by atoms with van der Waals surface area (Å²) in [5.41, 5.74) is 0. The number of likely N-dealkylation sites (N-methyl/N-ethyl adjacent to an activating group) is 3. The average molecular weight is 441 g/mol. The van der Waals surface area contributed by atoms with Gasteiger partial charge >= 0.3 is 5.97 Å². The first kappa shape index (κ1) is 27.4. The zero-order chi connectivity index (χ0) is 23.4. The van der Waals surface area contributed by atoms with Gasteiger partial charge in [0.25, 0.3) is 0 Å². The summed E-state index contributed by atoms with van der Waals surface area (Å²) in [5, 5.41) is 9.17. The van der Waals surface area contributed by atoms with Gasteiger partial charge in [-0.25, -0.2) is 0 Å². The van der Waals surface area contributed by atoms with Crippen LogP contribution in [-0.4, -0.2) is 128 Å². The first-order chi connectivity index (χ1) is 14.6. The van der Waals surface area contributed by atoms with E-state index in [2.05, 4.69) is 0 Å². The molecule has 1 N–H and O–H groups in total. The fourth-order valence-corrected chi connectivity index (χ4v) is 3.82. The molecule has 0 radical (unpaired) electrons. The monoisotopic (exact) mass is 440 g/mol. The highest BCUT2D eigenvalue weighted by atomic mass is 16.4. The van der Waals surface area contributed by atoms with E-state index in [4.69, 9.17) is 0 Å². The van der Waals surface area contributed by atoms with Gasteiger partial charge in [-0.05, 0) is 33.1 Å². The lowest BCUT2D eigenvalue weighted by atomic mass is 9.90. The zero-order valence-electron chi connectivity index (χ0n) is 19.6. The molecule has 0 amide bonds. The van der Waals surface area contributed by atoms with Crippen molar-refractivity contribution >= 4 is 23.3 Å². The largest absolute Gasteiger partial charge is 0.480 e. The van der Waals surface area contributed by atoms with Crippen molar-refractivity contribution in [3.8, 4) is 0 Å². The lowest BCUT2D eigenvalue weighted by molar-refractivity contribution is -0.138. The maximum atomic E-state index is 12.7. The minimum Gasteiger partial charge on any atom is -0.480 e. The lowest BCUT2D eigenvalue weighted by Gasteiger charge is -2.28. The number of hydrogen-bond donors (Lipinski definition) is 1. The minimum absolute atomic E-state index is 0.00568. The molecule has 0 aromatic carbocycles. The van der Waals surface area contributed by atoms with E-state index in [0.29, 0.717) is 39.3 Å². The lowest BCUT2D eigenvalue weighted by Crippen LogP contribution is -2.43. The highest BCUT2D eigenvalue weighted by molar-refractivity contribution is 5.86. The highest BCUT2D eigenvalue weighted by Crippen LogP contribution is 2.17. The van der Waals surface area contributed by atoms with Gasteiger partial charge in [0.2, 0.25) is 0 Å². The highest BCUT2D eigenvalue weighted by Gasteiger charge is 2.24. The first-order valence-corrected chi connectivity index (χ1v) is 11.2. The standard InChI is InChI=1S/C22H40N4O5/c1-5-23(3)14-19(27)11-18-12-20(28)15-24(4)7-8-26(17-22(30)31)10-9-25(6-2)16-21(29)13-18/h18H,5-17H2,1-4H3,(H,30,31). The summed E-state index contributed by atoms with van der Waals surface area (Å²) < 4.78 is 0. The smallest absolute Gasteiger partial charge is 0.317 e. The van der Waals surface area contributed by atoms with Crippen LogP contribution in [0, 0.1) is 5.92 Å². The van der Waals surface area contributed by atoms with E-state index < -0.39 is 5.97 Å². The van der Waals surface area contributed by atoms with Crippen molar-refractivity contribution in [2.45, 2.75) is 33.1 Å². The molecule has 0 aromatic heterocycles. The van der Waals surface area contributed by atoms with Crippen molar-refractivity contribution in [2.24, 2.45) is 5.92 Å². The summed E-state index contributed by atoms with van der Waals surface area (Å²) in [6.07, 6.45) is 0.666. The summed E-state index contributed by atoms with van der Waals surface area (Å²) in [7, 11) is 3.71. The third kappa shape index (κ3) is 12.1. The van der Waals surface area contributed by atoms with Gasteiger partial charge in [-0.15, -0.1) is 0 Å². The van der Waals surface area contributed by atoms with Crippen molar-refractivity contribution in [3.05, 3.63) is 0 Å². The van der Waals surface area contributed by atoms with Crippen molar-refractivity contribution in [2.75, 3.05) is 79.5 Å². The predicted octanol–water partition coefficient (Wildman–Crippen LogP) is 0.0858. The molecule has 1 heterocycles. The van der Waals surface area contributed by atoms with Gasteiger partial charge in [-0.2, -0.15) is 0 Å². The van der Waals surface area contributed by atoms with Crippen LogP contribution >= 0.6 is 0 Å². The Morgan fingerprint density at radius 3 is 2.16 bits per heavy atom. The van der Waals surface area contributed by atoms with Crippen molar-refractivity contribution in [3.63, 3.8) is 0 Å². The number of rotatable bonds is 8. The summed E-state index contributed by atoms with van der Waals surface area (Å²) in [4.78, 5) is 56.6. The summed E-state index contributed by atoms with van der Waals surface area (Å²) in [6.45, 7) is 8.40. The van der Waals surface area contributed by atoms with Crippen molar-refractivity contribution in [1.82, 2.24) is 19.6 Å². The third-order valence-corrected chi connectivity index (χ3v) is 5.72. The molecule has 0 bridgehead atoms. The van der Waals surface area contributed by atoms with Gasteiger partial charge in [0.05, 0.1) is 26.2 Å². The summed E-state index contributed by atoms with van der Waals surface area (Å²) in [6, 6.07) is 0. The normalized spacial score (nSPS) is 21.9. The number of Topliss-reactive ketones (excluding diaryl/α,β-unsaturated/α-hetero) is 3. The van der Waals surface area contributed by atoms with E-state index in [1.54, 1.807) is 0 Å². The molecule has 1 saturated heterocycles. The molecule has 31 heavy (non-hydrogen) atoms. The molecule has 1 atom stereocenters. The Labute approximate surface area is 186 Å². The minimum atomic E-state index is -0.889. The van der Waals surface area contributed by atoms with Crippen LogP contribution in [-0.2, 0) is 19.2 Å². The number of carbonyl (C=O) groups is 4. The number of carboxylic acids is 1. The molecule has 1 aliphatic rings. The topological polar surface area (TPSA) is 101 Å². The van der Waals surface area contributed by atoms with Crippen molar-refractivity contribution < 1.29 is 24.3 Å². The van der Waals surface area contributed by atoms with Crippen LogP contribution in [0.15, 0.2) is 0 Å². The third-order valence-electron chi connectivity index (χ3n) is 5.72. The molecular formula is C22H40N4O5. The second kappa shape index (κ2) is 14.4. The van der Waals surface area contributed by atoms with E-state index >= 15 is 0 Å². The van der Waals surface area contributed by atoms with E-state index in [0.717, 1.165) is 6.54 Å². The summed E-state index contributed by atoms with van der Waals surface area (Å²) >= 11 is 0. The second-order valence-corrected chi connectivity index (χ2v) is 8.70. The SMILES string of the molecule is CCN(C)CC(=O)CC1CC(=O)CN(C)CCN(CC(=O)O)CCN(CC)CC(=O)C1. The number of carboxylic acid groups (broad SMARTS) is 1. The molecule has 1 rings (SSSR count). The Hall–Kier alpha value is -1.68. The quantitative estimate of drug-likeness (QED) is 0.562. The van der Waals surface area contributed by atoms with E-state index in [1.165, 1.54) is 0 Å². The van der Waals surface area contributed by atoms with Gasteiger partial charge < -0.3 is 5.11 Å².